The van der Waals surface area contributed by atoms with Crippen LogP contribution in [0, 0.1) is 0 Å². The molecule has 9 aromatic carbocycles. The summed E-state index contributed by atoms with van der Waals surface area (Å²) in [5, 5.41) is 5.30. The Morgan fingerprint density at radius 2 is 0.909 bits per heavy atom. The largest absolute Gasteiger partial charge is 0.228 e. The molecule has 2 aliphatic rings. The lowest BCUT2D eigenvalue weighted by atomic mass is 9.94. The van der Waals surface area contributed by atoms with E-state index in [9.17, 15) is 0 Å². The molecule has 13 rings (SSSR count). The Labute approximate surface area is 521 Å². The molecule has 2 aromatic heterocycles. The molecule has 426 valence electrons. The van der Waals surface area contributed by atoms with Gasteiger partial charge in [-0.3, -0.25) is 0 Å². The number of hydrogen-bond donors (Lipinski definition) is 0. The molecular formula is C82H70N4Si2. The van der Waals surface area contributed by atoms with Crippen LogP contribution >= 0.6 is 0 Å². The summed E-state index contributed by atoms with van der Waals surface area (Å²) < 4.78 is 0. The van der Waals surface area contributed by atoms with Crippen molar-refractivity contribution in [2.75, 3.05) is 0 Å². The molecule has 11 aromatic rings. The third-order valence-electron chi connectivity index (χ3n) is 17.8. The van der Waals surface area contributed by atoms with Gasteiger partial charge in [0, 0.05) is 27.8 Å². The van der Waals surface area contributed by atoms with Crippen molar-refractivity contribution in [1.82, 2.24) is 19.9 Å². The minimum Gasteiger partial charge on any atom is -0.228 e. The van der Waals surface area contributed by atoms with Gasteiger partial charge in [-0.25, -0.2) is 19.9 Å². The molecule has 0 spiro atoms. The molecule has 0 fully saturated rings. The van der Waals surface area contributed by atoms with Crippen LogP contribution in [-0.4, -0.2) is 36.1 Å². The number of nitrogens with zero attached hydrogens (tertiary/aromatic N) is 4. The Balaban J connectivity index is 0.880. The van der Waals surface area contributed by atoms with E-state index < -0.39 is 16.1 Å². The second-order valence-electron chi connectivity index (χ2n) is 24.3. The van der Waals surface area contributed by atoms with Crippen molar-refractivity contribution < 1.29 is 0 Å². The maximum Gasteiger partial charge on any atom is 0.160 e. The summed E-state index contributed by atoms with van der Waals surface area (Å²) in [4.78, 5) is 22.3. The second-order valence-corrected chi connectivity index (χ2v) is 32.9. The topological polar surface area (TPSA) is 51.6 Å². The summed E-state index contributed by atoms with van der Waals surface area (Å²) in [5.74, 6) is 1.43. The molecule has 0 unspecified atom stereocenters. The van der Waals surface area contributed by atoms with E-state index >= 15 is 0 Å². The number of benzene rings is 9. The average Bonchev–Trinajstić information content (AvgIpc) is 1.86. The highest BCUT2D eigenvalue weighted by atomic mass is 28.3. The highest BCUT2D eigenvalue weighted by molar-refractivity contribution is 7.05. The van der Waals surface area contributed by atoms with E-state index in [4.69, 9.17) is 19.9 Å². The fourth-order valence-corrected chi connectivity index (χ4v) is 19.8. The quantitative estimate of drug-likeness (QED) is 0.0583. The maximum atomic E-state index is 5.63. The molecule has 6 heteroatoms. The summed E-state index contributed by atoms with van der Waals surface area (Å²) in [5.41, 5.74) is 26.3. The minimum absolute atomic E-state index is 0.703. The zero-order valence-electron chi connectivity index (χ0n) is 51.3. The predicted octanol–water partition coefficient (Wildman–Crippen LogP) is 19.1. The van der Waals surface area contributed by atoms with Gasteiger partial charge in [-0.05, 0) is 186 Å². The Hall–Kier alpha value is -9.99. The normalized spacial score (nSPS) is 13.5. The van der Waals surface area contributed by atoms with Crippen LogP contribution in [0.3, 0.4) is 0 Å². The predicted molar refractivity (Wildman–Crippen MR) is 382 cm³/mol. The molecule has 0 aliphatic carbocycles. The lowest BCUT2D eigenvalue weighted by molar-refractivity contribution is 1.19. The van der Waals surface area contributed by atoms with Crippen LogP contribution in [0.2, 0.25) is 26.2 Å². The summed E-state index contributed by atoms with van der Waals surface area (Å²) in [6.45, 7) is 28.7. The van der Waals surface area contributed by atoms with E-state index in [1.165, 1.54) is 43.0 Å². The van der Waals surface area contributed by atoms with Gasteiger partial charge in [0.15, 0.2) is 11.6 Å². The summed E-state index contributed by atoms with van der Waals surface area (Å²) in [6.07, 6.45) is 15.1. The third-order valence-corrected chi connectivity index (χ3v) is 24.8. The van der Waals surface area contributed by atoms with Gasteiger partial charge >= 0.3 is 0 Å². The monoisotopic (exact) mass is 1170 g/mol. The standard InChI is InChI=1S/C82H70N4Si2/c1-11-23-53(5)67-49-68(54(6)24-12-2)51-70(50-67)76-79-77(71-35-18-19-36-73(71)87(79,7)8)85-82(84-76)66-34-22-33-64(48-66)62-31-20-29-60(46-62)61-30-21-32-63(47-61)65-41-42-74-72(52-65)78-80(88(74,9)10)75(69-44-55(25-13-3)43-56(45-69)26-14-4)83-81(86-78)59-39-37-58(38-40-59)57-27-16-15-17-28-57/h11-24,26-52H,1,3,6,25H2,2,4-5,7-10H3. The minimum atomic E-state index is -2.35. The number of allylic oxidation sites excluding steroid dienone is 8. The molecule has 0 amide bonds. The molecule has 0 atom stereocenters. The van der Waals surface area contributed by atoms with Gasteiger partial charge in [-0.2, -0.15) is 0 Å². The van der Waals surface area contributed by atoms with Crippen LogP contribution in [0.5, 0.6) is 0 Å². The van der Waals surface area contributed by atoms with Crippen molar-refractivity contribution >= 4 is 54.1 Å². The smallest absolute Gasteiger partial charge is 0.160 e. The van der Waals surface area contributed by atoms with Crippen LogP contribution < -0.4 is 20.7 Å². The summed E-state index contributed by atoms with van der Waals surface area (Å²) in [6, 6.07) is 75.4. The van der Waals surface area contributed by atoms with Crippen LogP contribution in [0.1, 0.15) is 43.0 Å². The molecule has 4 nitrogen and oxygen atoms in total. The maximum absolute atomic E-state index is 5.63. The molecule has 0 N–H and O–H groups in total. The Morgan fingerprint density at radius 3 is 1.52 bits per heavy atom. The molecule has 0 saturated carbocycles. The molecular weight excluding hydrogens is 1100 g/mol. The van der Waals surface area contributed by atoms with Crippen molar-refractivity contribution in [3.8, 4) is 112 Å². The zero-order chi connectivity index (χ0) is 60.8. The van der Waals surface area contributed by atoms with Gasteiger partial charge in [-0.15, -0.1) is 6.58 Å². The van der Waals surface area contributed by atoms with Gasteiger partial charge in [0.05, 0.1) is 22.8 Å². The summed E-state index contributed by atoms with van der Waals surface area (Å²) in [7, 11) is -4.60. The van der Waals surface area contributed by atoms with Crippen LogP contribution in [0.25, 0.3) is 130 Å². The Kier molecular flexibility index (Phi) is 15.2. The van der Waals surface area contributed by atoms with Gasteiger partial charge in [0.25, 0.3) is 0 Å². The number of fused-ring (bicyclic) bond motifs is 6. The lowest BCUT2D eigenvalue weighted by Crippen LogP contribution is -2.50. The highest BCUT2D eigenvalue weighted by Crippen LogP contribution is 2.40. The van der Waals surface area contributed by atoms with Gasteiger partial charge in [0.2, 0.25) is 0 Å². The number of rotatable bonds is 15. The van der Waals surface area contributed by atoms with Gasteiger partial charge in [0.1, 0.15) is 16.1 Å². The first-order valence-corrected chi connectivity index (χ1v) is 36.5. The third kappa shape index (κ3) is 10.5. The van der Waals surface area contributed by atoms with E-state index in [1.54, 1.807) is 0 Å². The van der Waals surface area contributed by atoms with Crippen molar-refractivity contribution in [1.29, 1.82) is 0 Å². The first-order valence-electron chi connectivity index (χ1n) is 30.5. The number of aromatic nitrogens is 4. The van der Waals surface area contributed by atoms with Crippen molar-refractivity contribution in [3.63, 3.8) is 0 Å². The first-order chi connectivity index (χ1) is 42.7. The first kappa shape index (κ1) is 57.1. The molecule has 0 radical (unpaired) electrons. The number of hydrogen-bond acceptors (Lipinski definition) is 4. The van der Waals surface area contributed by atoms with E-state index in [0.29, 0.717) is 5.82 Å². The molecule has 88 heavy (non-hydrogen) atoms. The van der Waals surface area contributed by atoms with Gasteiger partial charge in [-0.1, -0.05) is 234 Å². The Bertz CT molecular complexity index is 4730. The van der Waals surface area contributed by atoms with Crippen molar-refractivity contribution in [3.05, 3.63) is 285 Å². The van der Waals surface area contributed by atoms with E-state index in [-0.39, 0.29) is 0 Å². The average molecular weight is 1170 g/mol. The zero-order valence-corrected chi connectivity index (χ0v) is 53.3. The fourth-order valence-electron chi connectivity index (χ4n) is 13.4. The molecule has 2 aliphatic heterocycles. The molecule has 0 saturated heterocycles. The SMILES string of the molecule is C=CC=C(C)c1cc(C(=C)C=CC)cc(-c2nc(-c3cccc(-c4cccc(-c5cccc(-c6ccc7c(c6)-c6nc(-c8ccc(-c9ccccc9)cc8)nc(-c8cc(C=CC)cc(CC=C)c8)c6[Si]7(C)C)c5)c4)c3)nc3c2[Si](C)(C)c2ccccc2-3)c1. The highest BCUT2D eigenvalue weighted by Gasteiger charge is 2.43. The van der Waals surface area contributed by atoms with Crippen molar-refractivity contribution in [2.45, 2.75) is 53.4 Å². The van der Waals surface area contributed by atoms with Crippen molar-refractivity contribution in [2.24, 2.45) is 0 Å². The molecule has 4 heterocycles. The summed E-state index contributed by atoms with van der Waals surface area (Å²) >= 11 is 0. The van der Waals surface area contributed by atoms with Crippen LogP contribution in [0.15, 0.2) is 262 Å². The lowest BCUT2D eigenvalue weighted by Gasteiger charge is -2.22. The van der Waals surface area contributed by atoms with E-state index in [1.807, 2.05) is 25.2 Å². The van der Waals surface area contributed by atoms with Crippen LogP contribution in [-0.2, 0) is 6.42 Å². The van der Waals surface area contributed by atoms with E-state index in [2.05, 4.69) is 290 Å². The van der Waals surface area contributed by atoms with Gasteiger partial charge < -0.3 is 0 Å². The second kappa shape index (κ2) is 23.4. The fraction of sp³-hybridized carbons (Fsp3) is 0.0976. The Morgan fingerprint density at radius 1 is 0.420 bits per heavy atom. The van der Waals surface area contributed by atoms with E-state index in [0.717, 1.165) is 124 Å². The molecule has 0 bridgehead atoms. The van der Waals surface area contributed by atoms with Crippen LogP contribution in [0.4, 0.5) is 0 Å².